The van der Waals surface area contributed by atoms with Crippen molar-refractivity contribution in [1.82, 2.24) is 8.96 Å². The molecule has 232 valence electrons. The van der Waals surface area contributed by atoms with E-state index in [0.29, 0.717) is 6.20 Å². The number of sulfonamides is 1. The molecule has 0 spiro atoms. The second-order valence-electron chi connectivity index (χ2n) is 9.57. The van der Waals surface area contributed by atoms with Crippen LogP contribution in [0.15, 0.2) is 41.1 Å². The number of allylic oxidation sites excluding steroid dienone is 3. The van der Waals surface area contributed by atoms with E-state index in [1.165, 1.54) is 12.2 Å². The van der Waals surface area contributed by atoms with E-state index in [2.05, 4.69) is 9.72 Å². The van der Waals surface area contributed by atoms with Crippen LogP contribution in [-0.2, 0) is 43.8 Å². The Morgan fingerprint density at radius 2 is 1.83 bits per heavy atom. The monoisotopic (exact) mass is 653 g/mol. The first-order valence-electron chi connectivity index (χ1n) is 14.7. The highest BCUT2D eigenvalue weighted by molar-refractivity contribution is 7.93. The van der Waals surface area contributed by atoms with Gasteiger partial charge in [0.25, 0.3) is 20.0 Å². The summed E-state index contributed by atoms with van der Waals surface area (Å²) in [6, 6.07) is -0.0903. The minimum atomic E-state index is -5.49. The molecule has 0 amide bonds. The van der Waals surface area contributed by atoms with Crippen molar-refractivity contribution in [2.45, 2.75) is 54.6 Å². The number of nitrogens with one attached hydrogen (secondary N) is 1. The summed E-state index contributed by atoms with van der Waals surface area (Å²) in [7, 11) is -17.1. The van der Waals surface area contributed by atoms with Gasteiger partial charge in [-0.1, -0.05) is 12.2 Å². The van der Waals surface area contributed by atoms with E-state index in [1.54, 1.807) is 4.72 Å². The van der Waals surface area contributed by atoms with Crippen LogP contribution < -0.4 is 9.46 Å². The molecule has 2 aliphatic carbocycles. The molecule has 9 nitrogen and oxygen atoms in total. The molecule has 0 radical (unpaired) electrons. The summed E-state index contributed by atoms with van der Waals surface area (Å²) in [4.78, 5) is 1.76. The molecular weight excluding hydrogens is 623 g/mol. The molecule has 0 aliphatic heterocycles. The fourth-order valence-corrected chi connectivity index (χ4v) is 7.96. The summed E-state index contributed by atoms with van der Waals surface area (Å²) < 4.78 is 204. The number of methoxy groups -OCH3 is 2. The number of aromatic nitrogens is 2. The third-order valence-corrected chi connectivity index (χ3v) is 10.8. The molecule has 0 saturated carbocycles. The number of nitrogens with zero attached hydrogens (tertiary/aromatic N) is 2. The van der Waals surface area contributed by atoms with Gasteiger partial charge in [0.1, 0.15) is 21.1 Å². The third-order valence-electron chi connectivity index (χ3n) is 6.98. The molecule has 18 heteroatoms. The number of fused-ring (bicyclic) bond motifs is 1. The first-order chi connectivity index (χ1) is 21.6. The smallest absolute Gasteiger partial charge is 0.436 e. The summed E-state index contributed by atoms with van der Waals surface area (Å²) >= 11 is 0. The van der Waals surface area contributed by atoms with Gasteiger partial charge in [-0.15, -0.1) is 0 Å². The van der Waals surface area contributed by atoms with Crippen molar-refractivity contribution in [2.24, 2.45) is 5.92 Å². The predicted octanol–water partition coefficient (Wildman–Crippen LogP) is 4.94. The molecule has 0 fully saturated rings. The molecule has 2 atom stereocenters. The van der Waals surface area contributed by atoms with Crippen molar-refractivity contribution in [3.63, 3.8) is 0 Å². The Balaban J connectivity index is 1.92. The maximum absolute atomic E-state index is 14.5. The van der Waals surface area contributed by atoms with Gasteiger partial charge >= 0.3 is 12.4 Å². The number of halogens is 7. The molecule has 0 aromatic carbocycles. The van der Waals surface area contributed by atoms with E-state index in [9.17, 15) is 47.6 Å². The predicted molar refractivity (Wildman–Crippen MR) is 134 cm³/mol. The van der Waals surface area contributed by atoms with Crippen LogP contribution in [0, 0.1) is 11.7 Å². The van der Waals surface area contributed by atoms with Gasteiger partial charge in [0.05, 0.1) is 28.2 Å². The number of anilines is 1. The van der Waals surface area contributed by atoms with Crippen LogP contribution in [-0.4, -0.2) is 50.8 Å². The van der Waals surface area contributed by atoms with Crippen LogP contribution in [0.2, 0.25) is 0 Å². The lowest BCUT2D eigenvalue weighted by Crippen LogP contribution is -2.43. The average molecular weight is 654 g/mol. The maximum atomic E-state index is 14.5. The minimum Gasteiger partial charge on any atom is -0.499 e. The van der Waals surface area contributed by atoms with Crippen molar-refractivity contribution in [2.75, 3.05) is 18.8 Å². The molecule has 2 heterocycles. The Hall–Kier alpha value is -3.28. The van der Waals surface area contributed by atoms with E-state index in [-0.39, 0.29) is 10.0 Å². The molecule has 1 unspecified atom stereocenters. The van der Waals surface area contributed by atoms with Crippen LogP contribution in [0.1, 0.15) is 44.9 Å². The summed E-state index contributed by atoms with van der Waals surface area (Å²) in [5.41, 5.74) is -4.67. The third kappa shape index (κ3) is 5.33. The summed E-state index contributed by atoms with van der Waals surface area (Å²) in [5, 5.41) is 0. The lowest BCUT2D eigenvalue weighted by molar-refractivity contribution is -0.177. The number of hydrogen-bond acceptors (Lipinski definition) is 7. The molecule has 2 aromatic heterocycles. The Bertz CT molecular complexity index is 1890. The zero-order valence-corrected chi connectivity index (χ0v) is 22.7. The molecule has 42 heavy (non-hydrogen) atoms. The van der Waals surface area contributed by atoms with Crippen LogP contribution in [0.3, 0.4) is 0 Å². The van der Waals surface area contributed by atoms with Gasteiger partial charge < -0.3 is 9.47 Å². The Labute approximate surface area is 244 Å². The van der Waals surface area contributed by atoms with Crippen LogP contribution >= 0.6 is 0 Å². The molecular formula is C24H24F7N3O6S2. The Morgan fingerprint density at radius 3 is 2.45 bits per heavy atom. The standard InChI is InChI=1S/C24H24F7N3O6S2/c1-22(9-5-4-6-19(22)39-2)42(37,38)34-12-18(14-8-7-13(10-17(14)34)23(26,27)28)41(35,36)33-16-11-15(25)20(24(29,30)31)32-21(16)40-3/h4-6,11-13,33H,7-10H2,1-3H3/t13-,22?/m1/s1/i2D3,3D3. The lowest BCUT2D eigenvalue weighted by Gasteiger charge is -2.33. The Morgan fingerprint density at radius 1 is 1.14 bits per heavy atom. The van der Waals surface area contributed by atoms with Crippen LogP contribution in [0.25, 0.3) is 0 Å². The molecule has 2 aliphatic rings. The zero-order chi connectivity index (χ0) is 36.5. The number of rotatable bonds is 7. The van der Waals surface area contributed by atoms with Gasteiger partial charge in [0.15, 0.2) is 11.5 Å². The van der Waals surface area contributed by atoms with E-state index in [0.717, 1.165) is 13.0 Å². The topological polar surface area (TPSA) is 117 Å². The van der Waals surface area contributed by atoms with Crippen molar-refractivity contribution in [3.05, 3.63) is 59.0 Å². The van der Waals surface area contributed by atoms with Crippen molar-refractivity contribution in [1.29, 1.82) is 0 Å². The average Bonchev–Trinajstić information content (AvgIpc) is 3.29. The quantitative estimate of drug-likeness (QED) is 0.421. The molecule has 2 aromatic rings. The highest BCUT2D eigenvalue weighted by Gasteiger charge is 2.50. The lowest BCUT2D eigenvalue weighted by atomic mass is 9.87. The second kappa shape index (κ2) is 10.5. The number of hydrogen-bond donors (Lipinski definition) is 1. The van der Waals surface area contributed by atoms with Gasteiger partial charge in [-0.25, -0.2) is 30.2 Å². The van der Waals surface area contributed by atoms with Gasteiger partial charge in [-0.3, -0.25) is 4.72 Å². The highest BCUT2D eigenvalue weighted by Crippen LogP contribution is 2.44. The van der Waals surface area contributed by atoms with E-state index in [4.69, 9.17) is 13.0 Å². The molecule has 0 bridgehead atoms. The van der Waals surface area contributed by atoms with E-state index in [1.807, 2.05) is 0 Å². The fraction of sp³-hybridized carbons (Fsp3) is 0.458. The molecule has 1 N–H and O–H groups in total. The summed E-state index contributed by atoms with van der Waals surface area (Å²) in [6.45, 7) is 1.00. The first-order valence-corrected chi connectivity index (χ1v) is 14.6. The van der Waals surface area contributed by atoms with E-state index < -0.39 is 128 Å². The number of ether oxygens (including phenoxy) is 2. The fourth-order valence-electron chi connectivity index (χ4n) is 4.74. The molecule has 4 rings (SSSR count). The van der Waals surface area contributed by atoms with Crippen LogP contribution in [0.5, 0.6) is 5.88 Å². The van der Waals surface area contributed by atoms with Crippen molar-refractivity contribution < 1.29 is 65.3 Å². The number of alkyl halides is 6. The van der Waals surface area contributed by atoms with Gasteiger partial charge in [-0.05, 0) is 37.8 Å². The highest BCUT2D eigenvalue weighted by atomic mass is 32.2. The van der Waals surface area contributed by atoms with Gasteiger partial charge in [0.2, 0.25) is 5.88 Å². The van der Waals surface area contributed by atoms with Gasteiger partial charge in [-0.2, -0.15) is 26.3 Å². The summed E-state index contributed by atoms with van der Waals surface area (Å²) in [5.74, 6) is -6.52. The first kappa shape index (κ1) is 24.2. The van der Waals surface area contributed by atoms with Gasteiger partial charge in [0, 0.05) is 24.4 Å². The van der Waals surface area contributed by atoms with E-state index >= 15 is 0 Å². The summed E-state index contributed by atoms with van der Waals surface area (Å²) in [6.07, 6.45) is -9.35. The minimum absolute atomic E-state index is 0.0903. The second-order valence-corrected chi connectivity index (χ2v) is 13.5. The maximum Gasteiger partial charge on any atom is 0.436 e. The zero-order valence-electron chi connectivity index (χ0n) is 27.1. The molecule has 0 saturated heterocycles. The van der Waals surface area contributed by atoms with Crippen molar-refractivity contribution in [3.8, 4) is 5.88 Å². The normalized spacial score (nSPS) is 24.2. The Kier molecular flexibility index (Phi) is 6.03. The van der Waals surface area contributed by atoms with Crippen molar-refractivity contribution >= 4 is 25.7 Å². The largest absolute Gasteiger partial charge is 0.499 e. The number of pyridine rings is 1. The SMILES string of the molecule is [2H]C([2H])([2H])OC1=CC=CCC1(C)S(=O)(=O)n1cc(S(=O)(=O)Nc2cc(F)c(C(F)(F)F)nc2OC([2H])([2H])[2H])c2c1C[C@H](C(F)(F)F)CC2. The van der Waals surface area contributed by atoms with Crippen LogP contribution in [0.4, 0.5) is 36.4 Å².